The van der Waals surface area contributed by atoms with Gasteiger partial charge in [-0.1, -0.05) is 13.8 Å². The number of nitrogen functional groups attached to an aromatic ring is 1. The largest absolute Gasteiger partial charge is 0.490 e. The van der Waals surface area contributed by atoms with Crippen LogP contribution in [0.4, 0.5) is 11.6 Å². The molecule has 0 fully saturated rings. The van der Waals surface area contributed by atoms with Crippen LogP contribution in [0.5, 0.6) is 5.75 Å². The highest BCUT2D eigenvalue weighted by atomic mass is 16.5. The fourth-order valence-electron chi connectivity index (χ4n) is 1.47. The molecule has 4 N–H and O–H groups in total. The van der Waals surface area contributed by atoms with Crippen LogP contribution in [0, 0.1) is 0 Å². The molecule has 0 amide bonds. The average molecular weight is 239 g/mol. The van der Waals surface area contributed by atoms with E-state index in [0.717, 1.165) is 12.8 Å². The molecule has 0 aliphatic heterocycles. The summed E-state index contributed by atoms with van der Waals surface area (Å²) in [6, 6.07) is 0. The number of nitrogens with zero attached hydrogens (tertiary/aromatic N) is 2. The molecule has 0 aromatic carbocycles. The molecule has 1 aromatic rings. The lowest BCUT2D eigenvalue weighted by molar-refractivity contribution is 0.409. The summed E-state index contributed by atoms with van der Waals surface area (Å²) in [4.78, 5) is 8.19. The first kappa shape index (κ1) is 13.5. The molecule has 0 radical (unpaired) electrons. The van der Waals surface area contributed by atoms with Crippen molar-refractivity contribution in [3.8, 4) is 5.75 Å². The maximum atomic E-state index is 5.38. The van der Waals surface area contributed by atoms with Crippen LogP contribution >= 0.6 is 0 Å². The molecule has 0 unspecified atom stereocenters. The Morgan fingerprint density at radius 1 is 1.29 bits per heavy atom. The number of anilines is 2. The van der Waals surface area contributed by atoms with E-state index in [-0.39, 0.29) is 5.54 Å². The Morgan fingerprint density at radius 3 is 2.35 bits per heavy atom. The Hall–Kier alpha value is -1.56. The van der Waals surface area contributed by atoms with E-state index >= 15 is 0 Å². The molecule has 6 nitrogen and oxygen atoms in total. The van der Waals surface area contributed by atoms with Gasteiger partial charge >= 0.3 is 0 Å². The van der Waals surface area contributed by atoms with Gasteiger partial charge in [-0.15, -0.1) is 0 Å². The Bertz CT molecular complexity index is 365. The maximum Gasteiger partial charge on any atom is 0.205 e. The third kappa shape index (κ3) is 2.97. The Balaban J connectivity index is 3.05. The van der Waals surface area contributed by atoms with E-state index in [0.29, 0.717) is 17.4 Å². The number of hydrogen-bond acceptors (Lipinski definition) is 6. The maximum absolute atomic E-state index is 5.38. The van der Waals surface area contributed by atoms with Crippen LogP contribution in [0.1, 0.15) is 33.6 Å². The molecule has 1 rings (SSSR count). The lowest BCUT2D eigenvalue weighted by atomic mass is 9.95. The molecular weight excluding hydrogens is 218 g/mol. The highest BCUT2D eigenvalue weighted by Gasteiger charge is 2.22. The van der Waals surface area contributed by atoms with Gasteiger partial charge in [-0.3, -0.25) is 0 Å². The molecule has 17 heavy (non-hydrogen) atoms. The van der Waals surface area contributed by atoms with Crippen LogP contribution in [-0.4, -0.2) is 22.6 Å². The van der Waals surface area contributed by atoms with Gasteiger partial charge in [0.15, 0.2) is 11.6 Å². The molecule has 1 heterocycles. The van der Waals surface area contributed by atoms with E-state index in [1.54, 1.807) is 7.11 Å². The summed E-state index contributed by atoms with van der Waals surface area (Å²) >= 11 is 0. The molecule has 0 saturated heterocycles. The zero-order chi connectivity index (χ0) is 12.9. The fraction of sp³-hybridized carbons (Fsp3) is 0.636. The summed E-state index contributed by atoms with van der Waals surface area (Å²) in [5, 5.41) is 3.38. The van der Waals surface area contributed by atoms with Crippen LogP contribution in [-0.2, 0) is 0 Å². The van der Waals surface area contributed by atoms with Crippen LogP contribution in [0.25, 0.3) is 0 Å². The summed E-state index contributed by atoms with van der Waals surface area (Å²) in [6.07, 6.45) is 3.43. The lowest BCUT2D eigenvalue weighted by Gasteiger charge is -2.29. The molecule has 0 saturated carbocycles. The molecule has 0 bridgehead atoms. The molecule has 96 valence electrons. The first-order valence-electron chi connectivity index (χ1n) is 5.74. The van der Waals surface area contributed by atoms with Crippen molar-refractivity contribution in [1.29, 1.82) is 0 Å². The van der Waals surface area contributed by atoms with Crippen molar-refractivity contribution in [2.45, 2.75) is 39.2 Å². The Morgan fingerprint density at radius 2 is 1.88 bits per heavy atom. The lowest BCUT2D eigenvalue weighted by Crippen LogP contribution is -2.33. The van der Waals surface area contributed by atoms with Gasteiger partial charge in [-0.05, 0) is 19.8 Å². The standard InChI is InChI=1S/C11H21N5O/c1-5-11(3,6-2)15-9-8(17-4)10(16-12)14-7-13-9/h7H,5-6,12H2,1-4H3,(H2,13,14,15,16). The second-order valence-corrected chi connectivity index (χ2v) is 4.14. The Labute approximate surface area is 102 Å². The number of nitrogens with two attached hydrogens (primary N) is 1. The highest BCUT2D eigenvalue weighted by molar-refractivity contribution is 5.63. The van der Waals surface area contributed by atoms with Crippen LogP contribution in [0.15, 0.2) is 6.33 Å². The van der Waals surface area contributed by atoms with E-state index in [4.69, 9.17) is 10.6 Å². The first-order valence-corrected chi connectivity index (χ1v) is 5.74. The third-order valence-electron chi connectivity index (χ3n) is 3.13. The summed E-state index contributed by atoms with van der Waals surface area (Å²) in [5.74, 6) is 7.03. The fourth-order valence-corrected chi connectivity index (χ4v) is 1.47. The third-order valence-corrected chi connectivity index (χ3v) is 3.13. The SMILES string of the molecule is CCC(C)(CC)Nc1ncnc(NN)c1OC. The molecule has 0 atom stereocenters. The number of rotatable bonds is 6. The zero-order valence-electron chi connectivity index (χ0n) is 10.9. The van der Waals surface area contributed by atoms with Crippen LogP contribution in [0.2, 0.25) is 0 Å². The first-order chi connectivity index (χ1) is 8.10. The van der Waals surface area contributed by atoms with Gasteiger partial charge in [0, 0.05) is 5.54 Å². The quantitative estimate of drug-likeness (QED) is 0.518. The summed E-state index contributed by atoms with van der Waals surface area (Å²) in [5.41, 5.74) is 2.47. The smallest absolute Gasteiger partial charge is 0.205 e. The number of hydrazine groups is 1. The molecular formula is C11H21N5O. The molecule has 0 aliphatic rings. The van der Waals surface area contributed by atoms with Crippen molar-refractivity contribution in [3.05, 3.63) is 6.33 Å². The van der Waals surface area contributed by atoms with Gasteiger partial charge < -0.3 is 15.5 Å². The van der Waals surface area contributed by atoms with Crippen molar-refractivity contribution in [2.24, 2.45) is 5.84 Å². The predicted octanol–water partition coefficient (Wildman–Crippen LogP) is 1.76. The van der Waals surface area contributed by atoms with E-state index in [1.165, 1.54) is 6.33 Å². The molecule has 6 heteroatoms. The molecule has 0 spiro atoms. The zero-order valence-corrected chi connectivity index (χ0v) is 10.9. The van der Waals surface area contributed by atoms with Crippen molar-refractivity contribution < 1.29 is 4.74 Å². The van der Waals surface area contributed by atoms with Crippen molar-refractivity contribution in [1.82, 2.24) is 9.97 Å². The number of aromatic nitrogens is 2. The van der Waals surface area contributed by atoms with Gasteiger partial charge in [0.05, 0.1) is 7.11 Å². The topological polar surface area (TPSA) is 85.1 Å². The van der Waals surface area contributed by atoms with Gasteiger partial charge in [-0.2, -0.15) is 0 Å². The van der Waals surface area contributed by atoms with Gasteiger partial charge in [0.1, 0.15) is 6.33 Å². The van der Waals surface area contributed by atoms with Gasteiger partial charge in [0.2, 0.25) is 5.75 Å². The minimum Gasteiger partial charge on any atom is -0.490 e. The van der Waals surface area contributed by atoms with E-state index in [2.05, 4.69) is 41.5 Å². The van der Waals surface area contributed by atoms with Crippen LogP contribution in [0.3, 0.4) is 0 Å². The van der Waals surface area contributed by atoms with E-state index in [1.807, 2.05) is 0 Å². The number of ether oxygens (including phenoxy) is 1. The summed E-state index contributed by atoms with van der Waals surface area (Å²) in [6.45, 7) is 6.41. The second-order valence-electron chi connectivity index (χ2n) is 4.14. The normalized spacial score (nSPS) is 11.1. The van der Waals surface area contributed by atoms with Crippen molar-refractivity contribution in [2.75, 3.05) is 17.9 Å². The average Bonchev–Trinajstić information content (AvgIpc) is 2.38. The Kier molecular flexibility index (Phi) is 4.51. The highest BCUT2D eigenvalue weighted by Crippen LogP contribution is 2.31. The van der Waals surface area contributed by atoms with Crippen LogP contribution < -0.4 is 21.3 Å². The number of nitrogens with one attached hydrogen (secondary N) is 2. The second kappa shape index (κ2) is 5.67. The van der Waals surface area contributed by atoms with Crippen molar-refractivity contribution in [3.63, 3.8) is 0 Å². The van der Waals surface area contributed by atoms with Gasteiger partial charge in [-0.25, -0.2) is 15.8 Å². The summed E-state index contributed by atoms with van der Waals surface area (Å²) in [7, 11) is 1.57. The minimum absolute atomic E-state index is 0.0203. The molecule has 0 aliphatic carbocycles. The van der Waals surface area contributed by atoms with Gasteiger partial charge in [0.25, 0.3) is 0 Å². The summed E-state index contributed by atoms with van der Waals surface area (Å²) < 4.78 is 5.27. The number of methoxy groups -OCH3 is 1. The van der Waals surface area contributed by atoms with E-state index < -0.39 is 0 Å². The molecule has 1 aromatic heterocycles. The van der Waals surface area contributed by atoms with E-state index in [9.17, 15) is 0 Å². The number of hydrogen-bond donors (Lipinski definition) is 3. The minimum atomic E-state index is -0.0203. The predicted molar refractivity (Wildman–Crippen MR) is 69.0 cm³/mol. The van der Waals surface area contributed by atoms with Crippen molar-refractivity contribution >= 4 is 11.6 Å². The monoisotopic (exact) mass is 239 g/mol.